The number of nitrogens with two attached hydrogens (primary N) is 1. The van der Waals surface area contributed by atoms with Crippen molar-refractivity contribution in [3.8, 4) is 0 Å². The van der Waals surface area contributed by atoms with Crippen LogP contribution in [0.4, 0.5) is 5.95 Å². The quantitative estimate of drug-likeness (QED) is 0.511. The predicted molar refractivity (Wildman–Crippen MR) is 70.9 cm³/mol. The van der Waals surface area contributed by atoms with Gasteiger partial charge in [0.05, 0.1) is 9.50 Å². The average molecular weight is 333 g/mol. The van der Waals surface area contributed by atoms with Gasteiger partial charge < -0.3 is 0 Å². The Kier molecular flexibility index (Phi) is 4.16. The van der Waals surface area contributed by atoms with Gasteiger partial charge in [0.25, 0.3) is 0 Å². The molecule has 0 radical (unpaired) electrons. The lowest BCUT2D eigenvalue weighted by atomic mass is 10.5. The van der Waals surface area contributed by atoms with E-state index in [0.29, 0.717) is 11.0 Å². The molecule has 0 unspecified atom stereocenters. The molecule has 0 aromatic carbocycles. The van der Waals surface area contributed by atoms with Gasteiger partial charge in [-0.1, -0.05) is 11.6 Å². The largest absolute Gasteiger partial charge is 0.292 e. The van der Waals surface area contributed by atoms with Crippen LogP contribution in [0.5, 0.6) is 0 Å². The van der Waals surface area contributed by atoms with Crippen molar-refractivity contribution < 1.29 is 0 Å². The molecule has 0 saturated heterocycles. The lowest BCUT2D eigenvalue weighted by Crippen LogP contribution is -2.10. The smallest absolute Gasteiger partial charge is 0.238 e. The first kappa shape index (κ1) is 12.6. The Morgan fingerprint density at radius 1 is 1.29 bits per heavy atom. The van der Waals surface area contributed by atoms with Crippen LogP contribution in [0.2, 0.25) is 5.02 Å². The summed E-state index contributed by atoms with van der Waals surface area (Å²) in [6, 6.07) is 3.59. The van der Waals surface area contributed by atoms with Gasteiger partial charge in [-0.05, 0) is 39.8 Å². The van der Waals surface area contributed by atoms with Gasteiger partial charge in [0.1, 0.15) is 10.1 Å². The van der Waals surface area contributed by atoms with E-state index in [0.717, 1.165) is 14.5 Å². The molecule has 0 aliphatic carbocycles. The van der Waals surface area contributed by atoms with Crippen LogP contribution < -0.4 is 11.3 Å². The number of hydrogen-bond acceptors (Lipinski definition) is 6. The minimum Gasteiger partial charge on any atom is -0.292 e. The second-order valence-corrected chi connectivity index (χ2v) is 5.21. The van der Waals surface area contributed by atoms with E-state index >= 15 is 0 Å². The van der Waals surface area contributed by atoms with E-state index in [1.54, 1.807) is 18.5 Å². The fraction of sp³-hybridized carbons (Fsp3) is 0. The molecular formula is C9H7BrClN5S. The van der Waals surface area contributed by atoms with E-state index in [9.17, 15) is 0 Å². The van der Waals surface area contributed by atoms with Gasteiger partial charge in [-0.2, -0.15) is 0 Å². The maximum atomic E-state index is 5.76. The Bertz CT molecular complexity index is 521. The maximum absolute atomic E-state index is 5.76. The van der Waals surface area contributed by atoms with Gasteiger partial charge >= 0.3 is 0 Å². The Hall–Kier alpha value is -0.890. The number of pyridine rings is 1. The minimum absolute atomic E-state index is 0.352. The summed E-state index contributed by atoms with van der Waals surface area (Å²) < 4.78 is 0.776. The number of aromatic nitrogens is 3. The van der Waals surface area contributed by atoms with Gasteiger partial charge in [0.2, 0.25) is 5.95 Å². The molecule has 2 heterocycles. The molecule has 8 heteroatoms. The van der Waals surface area contributed by atoms with Crippen molar-refractivity contribution in [2.24, 2.45) is 5.84 Å². The monoisotopic (exact) mass is 331 g/mol. The number of nitrogens with one attached hydrogen (secondary N) is 1. The Labute approximate surface area is 115 Å². The van der Waals surface area contributed by atoms with E-state index in [2.05, 4.69) is 36.3 Å². The summed E-state index contributed by atoms with van der Waals surface area (Å²) in [5.41, 5.74) is 2.39. The minimum atomic E-state index is 0.352. The Morgan fingerprint density at radius 2 is 2.12 bits per heavy atom. The SMILES string of the molecule is NNc1ncc(Br)c(Sc2ccc(Cl)cn2)n1. The standard InChI is InChI=1S/C9H7BrClN5S/c10-6-4-14-9(16-12)15-8(6)17-7-2-1-5(11)3-13-7/h1-4H,12H2,(H,14,15,16). The number of hydrazine groups is 1. The van der Waals surface area contributed by atoms with Gasteiger partial charge in [0, 0.05) is 12.4 Å². The second kappa shape index (κ2) is 5.63. The first-order valence-corrected chi connectivity index (χ1v) is 6.46. The van der Waals surface area contributed by atoms with Crippen molar-refractivity contribution in [3.63, 3.8) is 0 Å². The summed E-state index contributed by atoms with van der Waals surface area (Å²) in [7, 11) is 0. The maximum Gasteiger partial charge on any atom is 0.238 e. The van der Waals surface area contributed by atoms with Crippen molar-refractivity contribution in [2.45, 2.75) is 10.1 Å². The summed E-state index contributed by atoms with van der Waals surface area (Å²) in [6.07, 6.45) is 3.21. The number of anilines is 1. The van der Waals surface area contributed by atoms with Crippen LogP contribution in [0.1, 0.15) is 0 Å². The van der Waals surface area contributed by atoms with E-state index in [1.807, 2.05) is 6.07 Å². The molecular weight excluding hydrogens is 326 g/mol. The molecule has 88 valence electrons. The molecule has 0 bridgehead atoms. The summed E-state index contributed by atoms with van der Waals surface area (Å²) in [5.74, 6) is 5.60. The van der Waals surface area contributed by atoms with Gasteiger partial charge in [-0.3, -0.25) is 5.43 Å². The molecule has 0 amide bonds. The molecule has 0 saturated carbocycles. The van der Waals surface area contributed by atoms with Crippen molar-refractivity contribution in [3.05, 3.63) is 34.0 Å². The molecule has 5 nitrogen and oxygen atoms in total. The normalized spacial score (nSPS) is 10.3. The first-order valence-electron chi connectivity index (χ1n) is 4.47. The number of rotatable bonds is 3. The first-order chi connectivity index (χ1) is 8.19. The summed E-state index contributed by atoms with van der Waals surface area (Å²) in [4.78, 5) is 12.3. The fourth-order valence-electron chi connectivity index (χ4n) is 1.01. The lowest BCUT2D eigenvalue weighted by Gasteiger charge is -2.04. The molecule has 0 aliphatic rings. The molecule has 0 aliphatic heterocycles. The number of nitrogen functional groups attached to an aromatic ring is 1. The fourth-order valence-corrected chi connectivity index (χ4v) is 2.28. The number of hydrogen-bond donors (Lipinski definition) is 2. The molecule has 17 heavy (non-hydrogen) atoms. The van der Waals surface area contributed by atoms with Crippen LogP contribution in [0.3, 0.4) is 0 Å². The average Bonchev–Trinajstić information content (AvgIpc) is 2.35. The molecule has 2 aromatic rings. The third-order valence-corrected chi connectivity index (χ3v) is 3.76. The van der Waals surface area contributed by atoms with Crippen LogP contribution in [-0.4, -0.2) is 15.0 Å². The topological polar surface area (TPSA) is 76.7 Å². The van der Waals surface area contributed by atoms with Crippen LogP contribution in [0, 0.1) is 0 Å². The van der Waals surface area contributed by atoms with Crippen molar-refractivity contribution >= 4 is 45.2 Å². The highest BCUT2D eigenvalue weighted by atomic mass is 79.9. The summed E-state index contributed by atoms with van der Waals surface area (Å²) >= 11 is 10.5. The lowest BCUT2D eigenvalue weighted by molar-refractivity contribution is 1.00. The Balaban J connectivity index is 2.25. The second-order valence-electron chi connectivity index (χ2n) is 2.91. The van der Waals surface area contributed by atoms with E-state index in [4.69, 9.17) is 17.4 Å². The highest BCUT2D eigenvalue weighted by Gasteiger charge is 2.07. The molecule has 0 spiro atoms. The third-order valence-electron chi connectivity index (χ3n) is 1.74. The molecule has 2 rings (SSSR count). The zero-order chi connectivity index (χ0) is 12.3. The predicted octanol–water partition coefficient (Wildman–Crippen LogP) is 2.72. The van der Waals surface area contributed by atoms with Gasteiger partial charge in [-0.15, -0.1) is 0 Å². The van der Waals surface area contributed by atoms with E-state index < -0.39 is 0 Å². The Morgan fingerprint density at radius 3 is 2.76 bits per heavy atom. The highest BCUT2D eigenvalue weighted by Crippen LogP contribution is 2.31. The van der Waals surface area contributed by atoms with Gasteiger partial charge in [-0.25, -0.2) is 20.8 Å². The molecule has 0 fully saturated rings. The number of halogens is 2. The molecule has 0 atom stereocenters. The number of nitrogens with zero attached hydrogens (tertiary/aromatic N) is 3. The van der Waals surface area contributed by atoms with Crippen LogP contribution in [0.15, 0.2) is 39.1 Å². The zero-order valence-electron chi connectivity index (χ0n) is 8.39. The molecule has 3 N–H and O–H groups in total. The van der Waals surface area contributed by atoms with Crippen LogP contribution in [0.25, 0.3) is 0 Å². The molecule has 2 aromatic heterocycles. The summed E-state index contributed by atoms with van der Waals surface area (Å²) in [6.45, 7) is 0. The van der Waals surface area contributed by atoms with Crippen molar-refractivity contribution in [2.75, 3.05) is 5.43 Å². The van der Waals surface area contributed by atoms with E-state index in [1.165, 1.54) is 11.8 Å². The van der Waals surface area contributed by atoms with Crippen LogP contribution in [-0.2, 0) is 0 Å². The van der Waals surface area contributed by atoms with E-state index in [-0.39, 0.29) is 0 Å². The van der Waals surface area contributed by atoms with Crippen molar-refractivity contribution in [1.29, 1.82) is 0 Å². The third kappa shape index (κ3) is 3.29. The highest BCUT2D eigenvalue weighted by molar-refractivity contribution is 9.10. The van der Waals surface area contributed by atoms with Gasteiger partial charge in [0.15, 0.2) is 0 Å². The zero-order valence-corrected chi connectivity index (χ0v) is 11.6. The van der Waals surface area contributed by atoms with Crippen LogP contribution >= 0.6 is 39.3 Å². The van der Waals surface area contributed by atoms with Crippen molar-refractivity contribution in [1.82, 2.24) is 15.0 Å². The summed E-state index contributed by atoms with van der Waals surface area (Å²) in [5, 5.41) is 2.11.